The van der Waals surface area contributed by atoms with Crippen molar-refractivity contribution in [2.75, 3.05) is 10.6 Å². The van der Waals surface area contributed by atoms with Crippen molar-refractivity contribution in [3.8, 4) is 0 Å². The lowest BCUT2D eigenvalue weighted by Crippen LogP contribution is -2.05. The molecular weight excluding hydrogens is 466 g/mol. The summed E-state index contributed by atoms with van der Waals surface area (Å²) in [4.78, 5) is 25.0. The van der Waals surface area contributed by atoms with Crippen molar-refractivity contribution in [2.45, 2.75) is 17.8 Å². The Balaban J connectivity index is 1.57. The highest BCUT2D eigenvalue weighted by atomic mass is 35.5. The van der Waals surface area contributed by atoms with Gasteiger partial charge in [0, 0.05) is 39.8 Å². The summed E-state index contributed by atoms with van der Waals surface area (Å²) in [6, 6.07) is 14.4. The number of carbonyl (C=O) groups is 1. The van der Waals surface area contributed by atoms with Crippen LogP contribution in [0.5, 0.6) is 0 Å². The van der Waals surface area contributed by atoms with Crippen LogP contribution in [0, 0.1) is 6.92 Å². The van der Waals surface area contributed by atoms with Crippen molar-refractivity contribution >= 4 is 63.0 Å². The van der Waals surface area contributed by atoms with Crippen LogP contribution >= 0.6 is 34.7 Å². The summed E-state index contributed by atoms with van der Waals surface area (Å²) in [5, 5.41) is 19.8. The van der Waals surface area contributed by atoms with Crippen LogP contribution in [0.15, 0.2) is 65.3 Å². The Kier molecular flexibility index (Phi) is 6.89. The van der Waals surface area contributed by atoms with Gasteiger partial charge in [-0.1, -0.05) is 41.6 Å². The molecule has 7 nitrogen and oxygen atoms in total. The molecule has 0 aliphatic carbocycles. The second-order valence-electron chi connectivity index (χ2n) is 6.71. The van der Waals surface area contributed by atoms with Gasteiger partial charge < -0.3 is 15.7 Å². The Morgan fingerprint density at radius 3 is 2.75 bits per heavy atom. The number of hydrogen-bond acceptors (Lipinski definition) is 8. The Bertz CT molecular complexity index is 1250. The molecule has 4 aromatic rings. The average molecular weight is 484 g/mol. The first-order valence-electron chi connectivity index (χ1n) is 9.51. The number of halogens is 1. The number of nitrogens with one attached hydrogen (secondary N) is 2. The van der Waals surface area contributed by atoms with Crippen molar-refractivity contribution in [3.05, 3.63) is 82.0 Å². The molecule has 2 heterocycles. The number of thioether (sulfide) groups is 1. The quantitative estimate of drug-likeness (QED) is 0.196. The van der Waals surface area contributed by atoms with E-state index in [4.69, 9.17) is 11.6 Å². The van der Waals surface area contributed by atoms with E-state index in [0.717, 1.165) is 16.4 Å². The van der Waals surface area contributed by atoms with Gasteiger partial charge in [0.15, 0.2) is 10.3 Å². The summed E-state index contributed by atoms with van der Waals surface area (Å²) < 4.78 is 0. The van der Waals surface area contributed by atoms with E-state index in [2.05, 4.69) is 25.6 Å². The minimum atomic E-state index is -1.03. The molecule has 10 heteroatoms. The zero-order valence-electron chi connectivity index (χ0n) is 16.9. The Labute approximate surface area is 197 Å². The predicted molar refractivity (Wildman–Crippen MR) is 130 cm³/mol. The van der Waals surface area contributed by atoms with E-state index in [1.165, 1.54) is 23.1 Å². The molecule has 0 amide bonds. The number of rotatable bonds is 8. The minimum Gasteiger partial charge on any atom is -0.478 e. The van der Waals surface area contributed by atoms with Gasteiger partial charge in [-0.25, -0.2) is 19.7 Å². The number of thiazole rings is 1. The normalized spacial score (nSPS) is 10.7. The molecule has 2 aromatic heterocycles. The first kappa shape index (κ1) is 22.1. The Morgan fingerprint density at radius 2 is 2.00 bits per heavy atom. The van der Waals surface area contributed by atoms with Gasteiger partial charge in [-0.3, -0.25) is 0 Å². The number of carboxylic acids is 1. The van der Waals surface area contributed by atoms with E-state index in [-0.39, 0.29) is 5.56 Å². The van der Waals surface area contributed by atoms with Gasteiger partial charge in [-0.05, 0) is 36.8 Å². The maximum absolute atomic E-state index is 11.7. The first-order valence-corrected chi connectivity index (χ1v) is 11.7. The van der Waals surface area contributed by atoms with Crippen LogP contribution < -0.4 is 10.6 Å². The highest BCUT2D eigenvalue weighted by Gasteiger charge is 2.13. The van der Waals surface area contributed by atoms with E-state index in [9.17, 15) is 9.90 Å². The molecule has 0 radical (unpaired) electrons. The second kappa shape index (κ2) is 9.99. The van der Waals surface area contributed by atoms with Gasteiger partial charge in [-0.15, -0.1) is 11.3 Å². The van der Waals surface area contributed by atoms with E-state index < -0.39 is 5.97 Å². The largest absolute Gasteiger partial charge is 0.478 e. The summed E-state index contributed by atoms with van der Waals surface area (Å²) in [5.41, 5.74) is 3.02. The molecule has 0 aliphatic heterocycles. The highest BCUT2D eigenvalue weighted by Crippen LogP contribution is 2.29. The summed E-state index contributed by atoms with van der Waals surface area (Å²) in [5.74, 6) is 0.0938. The number of hydrogen-bond donors (Lipinski definition) is 3. The lowest BCUT2D eigenvalue weighted by molar-refractivity contribution is 0.0698. The molecule has 4 rings (SSSR count). The minimum absolute atomic E-state index is 0.135. The van der Waals surface area contributed by atoms with Gasteiger partial charge in [0.05, 0.1) is 11.3 Å². The summed E-state index contributed by atoms with van der Waals surface area (Å²) in [6.07, 6.45) is 1.70. The van der Waals surface area contributed by atoms with Crippen molar-refractivity contribution < 1.29 is 9.90 Å². The number of anilines is 4. The fourth-order valence-electron chi connectivity index (χ4n) is 2.89. The van der Waals surface area contributed by atoms with Crippen LogP contribution in [0.25, 0.3) is 0 Å². The zero-order chi connectivity index (χ0) is 22.5. The van der Waals surface area contributed by atoms with Crippen LogP contribution in [-0.4, -0.2) is 26.0 Å². The van der Waals surface area contributed by atoms with Crippen molar-refractivity contribution in [1.29, 1.82) is 0 Å². The number of aromatic carboxylic acids is 1. The van der Waals surface area contributed by atoms with E-state index >= 15 is 0 Å². The molecule has 32 heavy (non-hydrogen) atoms. The maximum Gasteiger partial charge on any atom is 0.337 e. The molecule has 0 saturated carbocycles. The van der Waals surface area contributed by atoms with Gasteiger partial charge in [0.2, 0.25) is 0 Å². The van der Waals surface area contributed by atoms with E-state index in [1.807, 2.05) is 36.6 Å². The molecule has 0 spiro atoms. The lowest BCUT2D eigenvalue weighted by Gasteiger charge is -2.13. The molecule has 0 unspecified atom stereocenters. The summed E-state index contributed by atoms with van der Waals surface area (Å²) in [6.45, 7) is 1.87. The van der Waals surface area contributed by atoms with Gasteiger partial charge in [-0.2, -0.15) is 0 Å². The van der Waals surface area contributed by atoms with E-state index in [1.54, 1.807) is 30.5 Å². The third kappa shape index (κ3) is 5.56. The monoisotopic (exact) mass is 483 g/mol. The predicted octanol–water partition coefficient (Wildman–Crippen LogP) is 6.37. The molecule has 0 bridgehead atoms. The Morgan fingerprint density at radius 1 is 1.16 bits per heavy atom. The highest BCUT2D eigenvalue weighted by molar-refractivity contribution is 7.98. The molecule has 0 saturated heterocycles. The number of aromatic nitrogens is 3. The fraction of sp³-hybridized carbons (Fsp3) is 0.0909. The molecule has 162 valence electrons. The van der Waals surface area contributed by atoms with Gasteiger partial charge in [0.25, 0.3) is 0 Å². The molecule has 2 aromatic carbocycles. The second-order valence-corrected chi connectivity index (χ2v) is 8.95. The number of carboxylic acid groups (broad SMARTS) is 1. The summed E-state index contributed by atoms with van der Waals surface area (Å²) in [7, 11) is 0. The SMILES string of the molecule is Cc1cc(Nc2cc(Nc3nccs3)ccc2C(=O)O)nc(SCc2ccccc2Cl)n1. The number of nitrogens with zero attached hydrogens (tertiary/aromatic N) is 3. The lowest BCUT2D eigenvalue weighted by atomic mass is 10.1. The van der Waals surface area contributed by atoms with Crippen molar-refractivity contribution in [1.82, 2.24) is 15.0 Å². The molecule has 3 N–H and O–H groups in total. The fourth-order valence-corrected chi connectivity index (χ4v) is 4.62. The van der Waals surface area contributed by atoms with Crippen LogP contribution in [0.2, 0.25) is 5.02 Å². The van der Waals surface area contributed by atoms with Crippen LogP contribution in [0.4, 0.5) is 22.3 Å². The standard InChI is InChI=1S/C22H18ClN5O2S2/c1-13-10-19(28-22(25-13)32-12-14-4-2-3-5-17(14)23)27-18-11-15(6-7-16(18)20(29)30)26-21-24-8-9-31-21/h2-11H,12H2,1H3,(H,24,26)(H,29,30)(H,25,27,28). The third-order valence-corrected chi connectivity index (χ3v) is 6.30. The topological polar surface area (TPSA) is 100 Å². The van der Waals surface area contributed by atoms with Crippen LogP contribution in [-0.2, 0) is 5.75 Å². The first-order chi connectivity index (χ1) is 15.5. The van der Waals surface area contributed by atoms with Crippen LogP contribution in [0.1, 0.15) is 21.6 Å². The van der Waals surface area contributed by atoms with Crippen molar-refractivity contribution in [3.63, 3.8) is 0 Å². The third-order valence-electron chi connectivity index (χ3n) is 4.34. The number of aryl methyl sites for hydroxylation is 1. The van der Waals surface area contributed by atoms with Gasteiger partial charge in [0.1, 0.15) is 5.82 Å². The number of benzene rings is 2. The molecule has 0 atom stereocenters. The zero-order valence-corrected chi connectivity index (χ0v) is 19.3. The van der Waals surface area contributed by atoms with Crippen LogP contribution in [0.3, 0.4) is 0 Å². The Hall–Kier alpha value is -3.14. The molecule has 0 fully saturated rings. The summed E-state index contributed by atoms with van der Waals surface area (Å²) >= 11 is 9.16. The van der Waals surface area contributed by atoms with E-state index in [0.29, 0.717) is 33.1 Å². The van der Waals surface area contributed by atoms with Crippen molar-refractivity contribution in [2.24, 2.45) is 0 Å². The molecule has 0 aliphatic rings. The maximum atomic E-state index is 11.7. The van der Waals surface area contributed by atoms with Gasteiger partial charge >= 0.3 is 5.97 Å². The average Bonchev–Trinajstić information content (AvgIpc) is 3.26. The molecular formula is C22H18ClN5O2S2. The smallest absolute Gasteiger partial charge is 0.337 e.